The molecular weight excluding hydrogens is 256 g/mol. The topological polar surface area (TPSA) is 133 Å². The van der Waals surface area contributed by atoms with E-state index in [-0.39, 0.29) is 11.2 Å². The third-order valence-corrected chi connectivity index (χ3v) is 3.16. The highest BCUT2D eigenvalue weighted by Gasteiger charge is 2.43. The Kier molecular flexibility index (Phi) is 2.82. The van der Waals surface area contributed by atoms with Crippen LogP contribution in [0.5, 0.6) is 0 Å². The maximum absolute atomic E-state index is 11.8. The predicted molar refractivity (Wildman–Crippen MR) is 61.2 cm³/mol. The van der Waals surface area contributed by atoms with Gasteiger partial charge in [0.25, 0.3) is 5.56 Å². The minimum atomic E-state index is -1.27. The third-order valence-electron chi connectivity index (χ3n) is 3.16. The number of aromatic nitrogens is 4. The fourth-order valence-corrected chi connectivity index (χ4v) is 2.19. The molecule has 102 valence electrons. The minimum Gasteiger partial charge on any atom is -0.394 e. The van der Waals surface area contributed by atoms with Crippen LogP contribution in [0, 0.1) is 0 Å². The van der Waals surface area contributed by atoms with Crippen molar-refractivity contribution in [1.82, 2.24) is 19.5 Å². The molecule has 1 aliphatic rings. The Hall–Kier alpha value is -1.81. The van der Waals surface area contributed by atoms with E-state index >= 15 is 0 Å². The Morgan fingerprint density at radius 1 is 1.37 bits per heavy atom. The lowest BCUT2D eigenvalue weighted by Crippen LogP contribution is -2.33. The molecule has 0 aliphatic carbocycles. The summed E-state index contributed by atoms with van der Waals surface area (Å²) in [5, 5.41) is 28.6. The van der Waals surface area contributed by atoms with E-state index in [9.17, 15) is 15.0 Å². The van der Waals surface area contributed by atoms with Crippen molar-refractivity contribution in [3.05, 3.63) is 23.0 Å². The van der Waals surface area contributed by atoms with Crippen molar-refractivity contribution in [1.29, 1.82) is 0 Å². The van der Waals surface area contributed by atoms with E-state index in [1.165, 1.54) is 17.2 Å². The summed E-state index contributed by atoms with van der Waals surface area (Å²) in [5.74, 6) is 0. The van der Waals surface area contributed by atoms with Crippen LogP contribution in [0.4, 0.5) is 0 Å². The Morgan fingerprint density at radius 2 is 2.16 bits per heavy atom. The van der Waals surface area contributed by atoms with Crippen LogP contribution in [-0.2, 0) is 4.74 Å². The second-order valence-electron chi connectivity index (χ2n) is 4.28. The number of H-pyrrole nitrogens is 1. The Balaban J connectivity index is 2.08. The molecular formula is C10H12N4O5. The molecule has 9 nitrogen and oxygen atoms in total. The molecule has 1 aliphatic heterocycles. The molecule has 0 unspecified atom stereocenters. The highest BCUT2D eigenvalue weighted by molar-refractivity contribution is 5.69. The lowest BCUT2D eigenvalue weighted by Gasteiger charge is -2.16. The van der Waals surface area contributed by atoms with Gasteiger partial charge in [-0.1, -0.05) is 0 Å². The van der Waals surface area contributed by atoms with Gasteiger partial charge in [0.05, 0.1) is 12.9 Å². The van der Waals surface area contributed by atoms with Crippen LogP contribution in [0.2, 0.25) is 0 Å². The fourth-order valence-electron chi connectivity index (χ4n) is 2.19. The number of aliphatic hydroxyl groups is 3. The molecule has 19 heavy (non-hydrogen) atoms. The smallest absolute Gasteiger partial charge is 0.277 e. The van der Waals surface area contributed by atoms with E-state index in [4.69, 9.17) is 9.84 Å². The Labute approximate surface area is 106 Å². The third kappa shape index (κ3) is 1.75. The number of ether oxygens (including phenoxy) is 1. The molecule has 0 radical (unpaired) electrons. The molecule has 1 saturated heterocycles. The number of nitrogens with one attached hydrogen (secondary N) is 1. The lowest BCUT2D eigenvalue weighted by atomic mass is 10.1. The van der Waals surface area contributed by atoms with Crippen molar-refractivity contribution in [2.24, 2.45) is 0 Å². The number of nitrogens with zero attached hydrogens (tertiary/aromatic N) is 3. The van der Waals surface area contributed by atoms with Gasteiger partial charge in [0.2, 0.25) is 0 Å². The van der Waals surface area contributed by atoms with Crippen molar-refractivity contribution < 1.29 is 20.1 Å². The number of fused-ring (bicyclic) bond motifs is 1. The molecule has 0 bridgehead atoms. The highest BCUT2D eigenvalue weighted by Crippen LogP contribution is 2.30. The van der Waals surface area contributed by atoms with E-state index in [2.05, 4.69) is 15.0 Å². The normalized spacial score (nSPS) is 31.1. The molecule has 4 atom stereocenters. The van der Waals surface area contributed by atoms with Crippen LogP contribution < -0.4 is 5.56 Å². The average Bonchev–Trinajstić information content (AvgIpc) is 2.94. The molecule has 2 aromatic rings. The van der Waals surface area contributed by atoms with Crippen molar-refractivity contribution in [3.63, 3.8) is 0 Å². The first-order chi connectivity index (χ1) is 9.13. The minimum absolute atomic E-state index is 0.136. The Bertz CT molecular complexity index is 653. The van der Waals surface area contributed by atoms with E-state index < -0.39 is 36.7 Å². The molecule has 3 rings (SSSR count). The first kappa shape index (κ1) is 12.2. The van der Waals surface area contributed by atoms with Crippen LogP contribution in [0.1, 0.15) is 6.23 Å². The predicted octanol–water partition coefficient (Wildman–Crippen LogP) is -2.27. The van der Waals surface area contributed by atoms with Gasteiger partial charge in [-0.15, -0.1) is 0 Å². The second kappa shape index (κ2) is 4.38. The fraction of sp³-hybridized carbons (Fsp3) is 0.500. The summed E-state index contributed by atoms with van der Waals surface area (Å²) in [6, 6.07) is 0. The number of aliphatic hydroxyl groups excluding tert-OH is 3. The molecule has 0 spiro atoms. The van der Waals surface area contributed by atoms with Gasteiger partial charge in [0.1, 0.15) is 24.6 Å². The summed E-state index contributed by atoms with van der Waals surface area (Å²) in [4.78, 5) is 22.0. The van der Waals surface area contributed by atoms with Gasteiger partial charge in [-0.25, -0.2) is 9.97 Å². The van der Waals surface area contributed by atoms with Crippen LogP contribution in [-0.4, -0.2) is 59.8 Å². The zero-order chi connectivity index (χ0) is 13.6. The molecule has 9 heteroatoms. The number of hydrogen-bond acceptors (Lipinski definition) is 7. The molecule has 0 saturated carbocycles. The summed E-state index contributed by atoms with van der Waals surface area (Å²) in [6.07, 6.45) is -1.89. The lowest BCUT2D eigenvalue weighted by molar-refractivity contribution is -0.0509. The van der Waals surface area contributed by atoms with Crippen molar-refractivity contribution in [2.75, 3.05) is 6.61 Å². The van der Waals surface area contributed by atoms with Crippen molar-refractivity contribution in [3.8, 4) is 0 Å². The monoisotopic (exact) mass is 268 g/mol. The molecule has 1 fully saturated rings. The van der Waals surface area contributed by atoms with E-state index in [1.807, 2.05) is 0 Å². The zero-order valence-electron chi connectivity index (χ0n) is 9.67. The van der Waals surface area contributed by atoms with Gasteiger partial charge >= 0.3 is 0 Å². The maximum atomic E-state index is 11.8. The molecule has 4 N–H and O–H groups in total. The quantitative estimate of drug-likeness (QED) is 0.482. The van der Waals surface area contributed by atoms with E-state index in [0.717, 1.165) is 0 Å². The van der Waals surface area contributed by atoms with Gasteiger partial charge < -0.3 is 25.0 Å². The van der Waals surface area contributed by atoms with E-state index in [0.29, 0.717) is 0 Å². The Morgan fingerprint density at radius 3 is 2.84 bits per heavy atom. The number of rotatable bonds is 2. The molecule has 3 heterocycles. The summed E-state index contributed by atoms with van der Waals surface area (Å²) < 4.78 is 6.63. The summed E-state index contributed by atoms with van der Waals surface area (Å²) >= 11 is 0. The van der Waals surface area contributed by atoms with Gasteiger partial charge in [0.15, 0.2) is 17.4 Å². The first-order valence-electron chi connectivity index (χ1n) is 5.66. The molecule has 0 aromatic carbocycles. The number of imidazole rings is 1. The summed E-state index contributed by atoms with van der Waals surface area (Å²) in [6.45, 7) is -0.435. The van der Waals surface area contributed by atoms with Crippen LogP contribution >= 0.6 is 0 Å². The second-order valence-corrected chi connectivity index (χ2v) is 4.28. The number of hydrogen-bond donors (Lipinski definition) is 4. The molecule has 2 aromatic heterocycles. The average molecular weight is 268 g/mol. The van der Waals surface area contributed by atoms with Crippen molar-refractivity contribution >= 4 is 11.2 Å². The first-order valence-corrected chi connectivity index (χ1v) is 5.66. The maximum Gasteiger partial charge on any atom is 0.277 e. The van der Waals surface area contributed by atoms with Crippen LogP contribution in [0.3, 0.4) is 0 Å². The van der Waals surface area contributed by atoms with Gasteiger partial charge in [0, 0.05) is 0 Å². The van der Waals surface area contributed by atoms with Crippen molar-refractivity contribution in [2.45, 2.75) is 24.5 Å². The summed E-state index contributed by atoms with van der Waals surface area (Å²) in [5.41, 5.74) is -0.0842. The SMILES string of the molecule is O=c1[nH]cnc2ncn([C@H]3O[C@H](CO)[C@@H](O)[C@H]3O)c12. The standard InChI is InChI=1S/C10H12N4O5/c15-1-4-6(16)7(17)10(19-4)14-3-13-8-5(14)9(18)12-2-11-8/h2-4,6-7,10,15-17H,1H2,(H,11,12,18)/t4-,6-,7-,10+/m1/s1. The van der Waals surface area contributed by atoms with Gasteiger partial charge in [-0.2, -0.15) is 0 Å². The highest BCUT2D eigenvalue weighted by atomic mass is 16.6. The van der Waals surface area contributed by atoms with Crippen LogP contribution in [0.25, 0.3) is 11.2 Å². The number of aromatic amines is 1. The van der Waals surface area contributed by atoms with Gasteiger partial charge in [-0.3, -0.25) is 9.36 Å². The van der Waals surface area contributed by atoms with E-state index in [1.54, 1.807) is 0 Å². The van der Waals surface area contributed by atoms with Crippen LogP contribution in [0.15, 0.2) is 17.4 Å². The van der Waals surface area contributed by atoms with Gasteiger partial charge in [-0.05, 0) is 0 Å². The molecule has 0 amide bonds. The zero-order valence-corrected chi connectivity index (χ0v) is 9.67. The summed E-state index contributed by atoms with van der Waals surface area (Å²) in [7, 11) is 0. The largest absolute Gasteiger partial charge is 0.394 e.